The van der Waals surface area contributed by atoms with E-state index in [9.17, 15) is 20.0 Å². The molecule has 190 valence electrons. The quantitative estimate of drug-likeness (QED) is 0.357. The lowest BCUT2D eigenvalue weighted by Gasteiger charge is -2.34. The van der Waals surface area contributed by atoms with Crippen molar-refractivity contribution in [1.82, 2.24) is 15.5 Å². The summed E-state index contributed by atoms with van der Waals surface area (Å²) in [6, 6.07) is 18.0. The Morgan fingerprint density at radius 2 is 1.89 bits per heavy atom. The van der Waals surface area contributed by atoms with Crippen LogP contribution in [0.4, 0.5) is 9.59 Å². The van der Waals surface area contributed by atoms with Crippen LogP contribution >= 0.6 is 11.8 Å². The number of nitrogens with two attached hydrogens (primary N) is 1. The molecule has 2 atom stereocenters. The van der Waals surface area contributed by atoms with Crippen molar-refractivity contribution in [3.05, 3.63) is 59.7 Å². The fourth-order valence-electron chi connectivity index (χ4n) is 4.81. The van der Waals surface area contributed by atoms with E-state index in [-0.39, 0.29) is 19.1 Å². The average Bonchev–Trinajstić information content (AvgIpc) is 3.49. The number of fused-ring (bicyclic) bond motifs is 3. The summed E-state index contributed by atoms with van der Waals surface area (Å²) in [5.74, 6) is 0.677. The number of hydrogen-bond donors (Lipinski definition) is 4. The Morgan fingerprint density at radius 1 is 1.22 bits per heavy atom. The van der Waals surface area contributed by atoms with Crippen LogP contribution in [0.15, 0.2) is 48.5 Å². The van der Waals surface area contributed by atoms with Gasteiger partial charge in [-0.25, -0.2) is 9.59 Å². The van der Waals surface area contributed by atoms with Crippen LogP contribution in [0.5, 0.6) is 0 Å². The van der Waals surface area contributed by atoms with Crippen molar-refractivity contribution in [2.24, 2.45) is 5.73 Å². The van der Waals surface area contributed by atoms with Gasteiger partial charge in [0, 0.05) is 37.3 Å². The van der Waals surface area contributed by atoms with Crippen LogP contribution in [-0.2, 0) is 4.74 Å². The molecule has 5 N–H and O–H groups in total. The van der Waals surface area contributed by atoms with Crippen molar-refractivity contribution in [1.29, 1.82) is 5.26 Å². The molecule has 2 aromatic rings. The topological polar surface area (TPSA) is 141 Å². The van der Waals surface area contributed by atoms with Gasteiger partial charge in [-0.1, -0.05) is 55.0 Å². The summed E-state index contributed by atoms with van der Waals surface area (Å²) in [5.41, 5.74) is 10.9. The van der Waals surface area contributed by atoms with Gasteiger partial charge in [-0.2, -0.15) is 5.26 Å². The highest BCUT2D eigenvalue weighted by molar-refractivity contribution is 8.01. The maximum Gasteiger partial charge on any atom is 0.410 e. The van der Waals surface area contributed by atoms with Crippen LogP contribution in [0, 0.1) is 11.3 Å². The third-order valence-corrected chi connectivity index (χ3v) is 7.85. The number of thioether (sulfide) groups is 1. The number of hydrogen-bond acceptors (Lipinski definition) is 7. The first-order chi connectivity index (χ1) is 17.4. The molecule has 9 nitrogen and oxygen atoms in total. The third-order valence-electron chi connectivity index (χ3n) is 6.57. The highest BCUT2D eigenvalue weighted by Gasteiger charge is 2.44. The maximum absolute atomic E-state index is 12.3. The van der Waals surface area contributed by atoms with Gasteiger partial charge in [0.25, 0.3) is 0 Å². The summed E-state index contributed by atoms with van der Waals surface area (Å²) in [7, 11) is 0. The lowest BCUT2D eigenvalue weighted by Crippen LogP contribution is -2.57. The summed E-state index contributed by atoms with van der Waals surface area (Å²) in [6.07, 6.45) is 0.326. The molecule has 2 amide bonds. The lowest BCUT2D eigenvalue weighted by atomic mass is 9.98. The van der Waals surface area contributed by atoms with Gasteiger partial charge in [0.15, 0.2) is 0 Å². The SMILES string of the molecule is N#C[C@@]1(N(CC(N)CCCCNC(=O)OCC2c3ccccc3-c3ccccc32)C(=O)O)NCCS1. The maximum atomic E-state index is 12.3. The number of benzene rings is 2. The number of nitriles is 1. The molecule has 0 bridgehead atoms. The molecule has 1 aliphatic carbocycles. The molecule has 0 radical (unpaired) electrons. The van der Waals surface area contributed by atoms with Crippen molar-refractivity contribution in [2.45, 2.75) is 36.2 Å². The number of ether oxygens (including phenoxy) is 1. The zero-order valence-electron chi connectivity index (χ0n) is 20.0. The van der Waals surface area contributed by atoms with Crippen molar-refractivity contribution in [3.8, 4) is 17.2 Å². The minimum atomic E-state index is -1.28. The van der Waals surface area contributed by atoms with E-state index in [1.807, 2.05) is 24.3 Å². The summed E-state index contributed by atoms with van der Waals surface area (Å²) >= 11 is 1.27. The van der Waals surface area contributed by atoms with E-state index in [1.54, 1.807) is 0 Å². The van der Waals surface area contributed by atoms with Crippen LogP contribution in [0.3, 0.4) is 0 Å². The van der Waals surface area contributed by atoms with E-state index in [0.29, 0.717) is 38.1 Å². The molecule has 0 saturated carbocycles. The minimum Gasteiger partial charge on any atom is -0.465 e. The van der Waals surface area contributed by atoms with Gasteiger partial charge >= 0.3 is 12.2 Å². The van der Waals surface area contributed by atoms with Crippen molar-refractivity contribution >= 4 is 23.9 Å². The summed E-state index contributed by atoms with van der Waals surface area (Å²) in [5, 5.41) is 24.9. The second-order valence-electron chi connectivity index (χ2n) is 8.93. The number of unbranched alkanes of at least 4 members (excludes halogenated alkanes) is 1. The highest BCUT2D eigenvalue weighted by Crippen LogP contribution is 2.44. The van der Waals surface area contributed by atoms with Crippen LogP contribution in [0.25, 0.3) is 11.1 Å². The number of nitrogens with one attached hydrogen (secondary N) is 2. The number of rotatable bonds is 10. The number of carbonyl (C=O) groups is 2. The first-order valence-corrected chi connectivity index (χ1v) is 13.1. The van der Waals surface area contributed by atoms with Gasteiger partial charge in [0.2, 0.25) is 4.99 Å². The molecule has 2 aromatic carbocycles. The van der Waals surface area contributed by atoms with Crippen LogP contribution in [0.2, 0.25) is 0 Å². The van der Waals surface area contributed by atoms with E-state index in [4.69, 9.17) is 10.5 Å². The molecule has 36 heavy (non-hydrogen) atoms. The molecular formula is C26H31N5O4S. The summed E-state index contributed by atoms with van der Waals surface area (Å²) in [4.78, 5) is 23.8. The molecule has 4 rings (SSSR count). The number of carboxylic acid groups (broad SMARTS) is 1. The van der Waals surface area contributed by atoms with E-state index in [0.717, 1.165) is 4.90 Å². The van der Waals surface area contributed by atoms with Crippen LogP contribution in [0.1, 0.15) is 36.3 Å². The van der Waals surface area contributed by atoms with E-state index in [1.165, 1.54) is 34.0 Å². The second-order valence-corrected chi connectivity index (χ2v) is 10.2. The Bertz CT molecular complexity index is 1090. The van der Waals surface area contributed by atoms with E-state index in [2.05, 4.69) is 41.0 Å². The molecule has 0 spiro atoms. The molecule has 1 heterocycles. The molecular weight excluding hydrogens is 478 g/mol. The van der Waals surface area contributed by atoms with E-state index < -0.39 is 23.2 Å². The standard InChI is InChI=1S/C26H31N5O4S/c27-17-26(30-13-14-36-26)31(25(33)34)15-18(28)7-5-6-12-29-24(32)35-16-23-21-10-3-1-8-19(21)20-9-2-4-11-22(20)23/h1-4,8-11,18,23,30H,5-7,12-16,28H2,(H,29,32)(H,33,34)/t18?,26-/m0/s1. The largest absolute Gasteiger partial charge is 0.465 e. The summed E-state index contributed by atoms with van der Waals surface area (Å²) < 4.78 is 5.54. The molecule has 2 aliphatic rings. The van der Waals surface area contributed by atoms with Crippen LogP contribution < -0.4 is 16.4 Å². The van der Waals surface area contributed by atoms with Crippen LogP contribution in [-0.4, -0.2) is 65.2 Å². The molecule has 1 fully saturated rings. The second kappa shape index (κ2) is 11.6. The Kier molecular flexibility index (Phi) is 8.36. The molecule has 1 saturated heterocycles. The normalized spacial score (nSPS) is 19.1. The Balaban J connectivity index is 1.18. The number of amides is 2. The predicted molar refractivity (Wildman–Crippen MR) is 138 cm³/mol. The number of carbonyl (C=O) groups excluding carboxylic acids is 1. The fraction of sp³-hybridized carbons (Fsp3) is 0.423. The predicted octanol–water partition coefficient (Wildman–Crippen LogP) is 3.52. The van der Waals surface area contributed by atoms with E-state index >= 15 is 0 Å². The molecule has 1 aliphatic heterocycles. The Labute approximate surface area is 215 Å². The van der Waals surface area contributed by atoms with Crippen molar-refractivity contribution in [2.75, 3.05) is 32.0 Å². The molecule has 1 unspecified atom stereocenters. The van der Waals surface area contributed by atoms with Gasteiger partial charge in [-0.15, -0.1) is 11.8 Å². The minimum absolute atomic E-state index is 0.0163. The summed E-state index contributed by atoms with van der Waals surface area (Å²) in [6.45, 7) is 1.33. The smallest absolute Gasteiger partial charge is 0.410 e. The molecule has 10 heteroatoms. The van der Waals surface area contributed by atoms with Crippen molar-refractivity contribution in [3.63, 3.8) is 0 Å². The number of nitrogens with zero attached hydrogens (tertiary/aromatic N) is 2. The van der Waals surface area contributed by atoms with Crippen molar-refractivity contribution < 1.29 is 19.4 Å². The Morgan fingerprint density at radius 3 is 2.47 bits per heavy atom. The Hall–Kier alpha value is -3.26. The van der Waals surface area contributed by atoms with Gasteiger partial charge in [-0.05, 0) is 35.1 Å². The average molecular weight is 510 g/mol. The monoisotopic (exact) mass is 509 g/mol. The van der Waals surface area contributed by atoms with Gasteiger partial charge in [-0.3, -0.25) is 10.2 Å². The number of alkyl carbamates (subject to hydrolysis) is 1. The van der Waals surface area contributed by atoms with Gasteiger partial charge in [0.1, 0.15) is 12.7 Å². The first kappa shape index (κ1) is 25.8. The zero-order chi connectivity index (χ0) is 25.5. The van der Waals surface area contributed by atoms with Gasteiger partial charge < -0.3 is 20.9 Å². The molecule has 0 aromatic heterocycles. The zero-order valence-corrected chi connectivity index (χ0v) is 20.8. The van der Waals surface area contributed by atoms with Gasteiger partial charge in [0.05, 0.1) is 0 Å². The fourth-order valence-corrected chi connectivity index (χ4v) is 5.89. The first-order valence-electron chi connectivity index (χ1n) is 12.1. The highest BCUT2D eigenvalue weighted by atomic mass is 32.2. The lowest BCUT2D eigenvalue weighted by molar-refractivity contribution is 0.116. The third kappa shape index (κ3) is 5.59.